The number of hydrogen-bond donors (Lipinski definition) is 1. The molecule has 5 heterocycles. The standard InChI is InChI=1S/C29H27N7O/c1-17-7-5-9-23(31-17)16-36-24-10-6-8-21(29(24)20(4)34-36)13-26(37)25-15-30-27-14-22(11-12-35(25)27)28-18(2)32-33-19(28)3/h5-12,14-15H,13,16H2,1-4H3,(H,32,33). The number of H-pyrrole nitrogens is 1. The van der Waals surface area contributed by atoms with E-state index in [1.165, 1.54) is 0 Å². The SMILES string of the molecule is Cc1cccc(Cn2nc(C)c3c(CC(=O)c4cnc5cc(-c6c(C)n[nH]c6C)ccn45)cccc32)n1. The van der Waals surface area contributed by atoms with Crippen molar-refractivity contribution >= 4 is 22.3 Å². The van der Waals surface area contributed by atoms with Crippen molar-refractivity contribution in [2.75, 3.05) is 0 Å². The quantitative estimate of drug-likeness (QED) is 0.326. The molecule has 0 atom stereocenters. The van der Waals surface area contributed by atoms with Gasteiger partial charge in [-0.1, -0.05) is 18.2 Å². The summed E-state index contributed by atoms with van der Waals surface area (Å²) in [6.45, 7) is 8.54. The molecule has 0 saturated heterocycles. The Hall–Kier alpha value is -4.59. The highest BCUT2D eigenvalue weighted by Gasteiger charge is 2.18. The van der Waals surface area contributed by atoms with Gasteiger partial charge in [0, 0.05) is 35.0 Å². The molecule has 1 aromatic carbocycles. The van der Waals surface area contributed by atoms with E-state index >= 15 is 0 Å². The largest absolute Gasteiger partial charge is 0.297 e. The molecule has 6 aromatic rings. The lowest BCUT2D eigenvalue weighted by atomic mass is 10.0. The molecule has 0 bridgehead atoms. The number of pyridine rings is 2. The van der Waals surface area contributed by atoms with Crippen molar-refractivity contribution in [1.29, 1.82) is 0 Å². The van der Waals surface area contributed by atoms with Gasteiger partial charge in [-0.15, -0.1) is 0 Å². The molecule has 1 N–H and O–H groups in total. The number of aromatic nitrogens is 7. The lowest BCUT2D eigenvalue weighted by molar-refractivity contribution is 0.0987. The Balaban J connectivity index is 1.32. The minimum absolute atomic E-state index is 0.0101. The molecule has 0 aliphatic carbocycles. The Morgan fingerprint density at radius 2 is 1.84 bits per heavy atom. The summed E-state index contributed by atoms with van der Waals surface area (Å²) in [6.07, 6.45) is 3.84. The molecular formula is C29H27N7O. The first-order valence-electron chi connectivity index (χ1n) is 12.3. The highest BCUT2D eigenvalue weighted by Crippen LogP contribution is 2.28. The number of carbonyl (C=O) groups excluding carboxylic acids is 1. The Morgan fingerprint density at radius 1 is 1.00 bits per heavy atom. The molecule has 0 unspecified atom stereocenters. The summed E-state index contributed by atoms with van der Waals surface area (Å²) in [5, 5.41) is 13.1. The average Bonchev–Trinajstić information content (AvgIpc) is 3.54. The zero-order valence-electron chi connectivity index (χ0n) is 21.3. The van der Waals surface area contributed by atoms with Crippen LogP contribution in [0.25, 0.3) is 27.7 Å². The molecule has 0 spiro atoms. The smallest absolute Gasteiger partial charge is 0.185 e. The number of hydrogen-bond acceptors (Lipinski definition) is 5. The van der Waals surface area contributed by atoms with Crippen LogP contribution in [0.15, 0.2) is 60.9 Å². The van der Waals surface area contributed by atoms with Crippen LogP contribution in [-0.2, 0) is 13.0 Å². The number of nitrogens with one attached hydrogen (secondary N) is 1. The fraction of sp³-hybridized carbons (Fsp3) is 0.207. The van der Waals surface area contributed by atoms with E-state index in [0.29, 0.717) is 12.2 Å². The van der Waals surface area contributed by atoms with E-state index in [1.807, 2.05) is 85.4 Å². The van der Waals surface area contributed by atoms with E-state index < -0.39 is 0 Å². The van der Waals surface area contributed by atoms with Gasteiger partial charge in [-0.2, -0.15) is 10.2 Å². The maximum atomic E-state index is 13.5. The second-order valence-electron chi connectivity index (χ2n) is 9.52. The summed E-state index contributed by atoms with van der Waals surface area (Å²) < 4.78 is 3.83. The topological polar surface area (TPSA) is 93.8 Å². The van der Waals surface area contributed by atoms with E-state index in [4.69, 9.17) is 5.10 Å². The van der Waals surface area contributed by atoms with Crippen LogP contribution in [0.4, 0.5) is 0 Å². The second-order valence-corrected chi connectivity index (χ2v) is 9.52. The number of aromatic amines is 1. The molecule has 0 fully saturated rings. The third kappa shape index (κ3) is 4.00. The van der Waals surface area contributed by atoms with Crippen molar-refractivity contribution in [3.05, 3.63) is 101 Å². The Morgan fingerprint density at radius 3 is 2.62 bits per heavy atom. The zero-order valence-corrected chi connectivity index (χ0v) is 21.3. The fourth-order valence-corrected chi connectivity index (χ4v) is 5.20. The van der Waals surface area contributed by atoms with Crippen molar-refractivity contribution in [3.63, 3.8) is 0 Å². The van der Waals surface area contributed by atoms with Crippen LogP contribution in [0.1, 0.15) is 44.5 Å². The number of imidazole rings is 1. The van der Waals surface area contributed by atoms with E-state index in [2.05, 4.69) is 26.2 Å². The van der Waals surface area contributed by atoms with E-state index in [0.717, 1.165) is 61.7 Å². The van der Waals surface area contributed by atoms with Gasteiger partial charge in [-0.3, -0.25) is 24.0 Å². The third-order valence-electron chi connectivity index (χ3n) is 6.86. The van der Waals surface area contributed by atoms with Gasteiger partial charge in [0.15, 0.2) is 5.78 Å². The van der Waals surface area contributed by atoms with Crippen molar-refractivity contribution < 1.29 is 4.79 Å². The van der Waals surface area contributed by atoms with Crippen LogP contribution < -0.4 is 0 Å². The van der Waals surface area contributed by atoms with E-state index in [9.17, 15) is 4.79 Å². The van der Waals surface area contributed by atoms with Crippen LogP contribution in [0.3, 0.4) is 0 Å². The molecule has 0 aliphatic rings. The first kappa shape index (κ1) is 22.8. The van der Waals surface area contributed by atoms with Crippen molar-refractivity contribution in [2.45, 2.75) is 40.7 Å². The maximum Gasteiger partial charge on any atom is 0.185 e. The summed E-state index contributed by atoms with van der Waals surface area (Å²) in [5.74, 6) is 0.0101. The molecule has 0 radical (unpaired) electrons. The molecule has 0 aliphatic heterocycles. The number of Topliss-reactive ketones (excluding diaryl/α,β-unsaturated/α-hetero) is 1. The monoisotopic (exact) mass is 489 g/mol. The summed E-state index contributed by atoms with van der Waals surface area (Å²) in [6, 6.07) is 16.1. The van der Waals surface area contributed by atoms with Gasteiger partial charge in [0.1, 0.15) is 11.3 Å². The molecule has 0 amide bonds. The first-order valence-corrected chi connectivity index (χ1v) is 12.3. The number of aryl methyl sites for hydroxylation is 4. The minimum Gasteiger partial charge on any atom is -0.297 e. The van der Waals surface area contributed by atoms with E-state index in [1.54, 1.807) is 6.20 Å². The lowest BCUT2D eigenvalue weighted by Gasteiger charge is -2.07. The summed E-state index contributed by atoms with van der Waals surface area (Å²) in [7, 11) is 0. The Labute approximate surface area is 214 Å². The maximum absolute atomic E-state index is 13.5. The summed E-state index contributed by atoms with van der Waals surface area (Å²) in [4.78, 5) is 22.6. The van der Waals surface area contributed by atoms with Crippen molar-refractivity contribution in [1.82, 2.24) is 34.3 Å². The predicted octanol–water partition coefficient (Wildman–Crippen LogP) is 5.18. The molecule has 6 rings (SSSR count). The number of rotatable bonds is 6. The number of fused-ring (bicyclic) bond motifs is 2. The Bertz CT molecular complexity index is 1780. The predicted molar refractivity (Wildman–Crippen MR) is 143 cm³/mol. The highest BCUT2D eigenvalue weighted by molar-refractivity contribution is 5.99. The van der Waals surface area contributed by atoms with Crippen LogP contribution in [0.5, 0.6) is 0 Å². The van der Waals surface area contributed by atoms with Crippen LogP contribution in [-0.4, -0.2) is 40.1 Å². The molecule has 8 nitrogen and oxygen atoms in total. The van der Waals surface area contributed by atoms with Gasteiger partial charge >= 0.3 is 0 Å². The van der Waals surface area contributed by atoms with Crippen LogP contribution in [0.2, 0.25) is 0 Å². The van der Waals surface area contributed by atoms with Crippen LogP contribution >= 0.6 is 0 Å². The third-order valence-corrected chi connectivity index (χ3v) is 6.86. The lowest BCUT2D eigenvalue weighted by Crippen LogP contribution is -2.07. The highest BCUT2D eigenvalue weighted by atomic mass is 16.1. The molecule has 8 heteroatoms. The minimum atomic E-state index is 0.0101. The zero-order chi connectivity index (χ0) is 25.7. The Kier molecular flexibility index (Phi) is 5.44. The van der Waals surface area contributed by atoms with Gasteiger partial charge in [0.25, 0.3) is 0 Å². The molecule has 184 valence electrons. The van der Waals surface area contributed by atoms with Gasteiger partial charge < -0.3 is 0 Å². The molecule has 37 heavy (non-hydrogen) atoms. The molecule has 5 aromatic heterocycles. The number of nitrogens with zero attached hydrogens (tertiary/aromatic N) is 6. The van der Waals surface area contributed by atoms with Gasteiger partial charge in [0.2, 0.25) is 0 Å². The number of benzene rings is 1. The van der Waals surface area contributed by atoms with Gasteiger partial charge in [-0.25, -0.2) is 4.98 Å². The summed E-state index contributed by atoms with van der Waals surface area (Å²) in [5.41, 5.74) is 10.1. The van der Waals surface area contributed by atoms with E-state index in [-0.39, 0.29) is 12.2 Å². The van der Waals surface area contributed by atoms with Gasteiger partial charge in [0.05, 0.1) is 35.3 Å². The van der Waals surface area contributed by atoms with Crippen molar-refractivity contribution in [2.24, 2.45) is 0 Å². The van der Waals surface area contributed by atoms with Gasteiger partial charge in [-0.05, 0) is 69.2 Å². The fourth-order valence-electron chi connectivity index (χ4n) is 5.20. The first-order chi connectivity index (χ1) is 17.9. The molecular weight excluding hydrogens is 462 g/mol. The normalized spacial score (nSPS) is 11.6. The van der Waals surface area contributed by atoms with Crippen molar-refractivity contribution in [3.8, 4) is 11.1 Å². The van der Waals surface area contributed by atoms with Crippen LogP contribution in [0, 0.1) is 27.7 Å². The average molecular weight is 490 g/mol. The number of carbonyl (C=O) groups is 1. The summed E-state index contributed by atoms with van der Waals surface area (Å²) >= 11 is 0. The second kappa shape index (κ2) is 8.81. The number of ketones is 1. The molecule has 0 saturated carbocycles.